The van der Waals surface area contributed by atoms with E-state index < -0.39 is 9.85 Å². The molecule has 0 fully saturated rings. The van der Waals surface area contributed by atoms with Gasteiger partial charge in [0.25, 0.3) is 11.4 Å². The summed E-state index contributed by atoms with van der Waals surface area (Å²) in [6.45, 7) is 0. The van der Waals surface area contributed by atoms with Crippen LogP contribution in [0.15, 0.2) is 58.7 Å². The van der Waals surface area contributed by atoms with Crippen molar-refractivity contribution in [3.05, 3.63) is 79.9 Å². The van der Waals surface area contributed by atoms with Gasteiger partial charge in [-0.25, -0.2) is 10.9 Å². The maximum Gasteiger partial charge on any atom is 0.269 e. The molecule has 0 unspecified atom stereocenters. The van der Waals surface area contributed by atoms with Gasteiger partial charge < -0.3 is 0 Å². The number of amides is 2. The van der Waals surface area contributed by atoms with Crippen LogP contribution in [0.4, 0.5) is 11.4 Å². The van der Waals surface area contributed by atoms with Crippen molar-refractivity contribution >= 4 is 35.6 Å². The van der Waals surface area contributed by atoms with Crippen molar-refractivity contribution in [2.75, 3.05) is 0 Å². The van der Waals surface area contributed by atoms with E-state index in [4.69, 9.17) is 0 Å². The van der Waals surface area contributed by atoms with E-state index in [0.717, 1.165) is 0 Å². The summed E-state index contributed by atoms with van der Waals surface area (Å²) in [6, 6.07) is 11.3. The van der Waals surface area contributed by atoms with Gasteiger partial charge in [-0.2, -0.15) is 10.2 Å². The summed E-state index contributed by atoms with van der Waals surface area (Å²) in [4.78, 5) is 43.5. The molecule has 0 bridgehead atoms. The van der Waals surface area contributed by atoms with Gasteiger partial charge >= 0.3 is 0 Å². The molecule has 31 heavy (non-hydrogen) atoms. The highest BCUT2D eigenvalue weighted by molar-refractivity contribution is 5.84. The number of carbonyl (C=O) groups excluding carboxylic acids is 2. The Labute approximate surface area is 176 Å². The molecule has 2 aromatic rings. The minimum Gasteiger partial charge on any atom is -0.273 e. The lowest BCUT2D eigenvalue weighted by Gasteiger charge is -2.00. The first kappa shape index (κ1) is 22.8. The lowest BCUT2D eigenvalue weighted by Crippen LogP contribution is -2.20. The molecule has 2 rings (SSSR count). The molecule has 0 saturated carbocycles. The number of nitro groups is 2. The Morgan fingerprint density at radius 3 is 1.42 bits per heavy atom. The molecule has 0 aliphatic rings. The maximum atomic E-state index is 11.7. The van der Waals surface area contributed by atoms with Crippen molar-refractivity contribution < 1.29 is 19.4 Å². The SMILES string of the molecule is O=C(CCCC(=O)NN=Cc1ccc([N+](=O)[O-])cc1)NN=Cc1ccc([N+](=O)[O-])cc1. The van der Waals surface area contributed by atoms with Crippen LogP contribution in [0.3, 0.4) is 0 Å². The molecular weight excluding hydrogens is 408 g/mol. The number of non-ortho nitro benzene ring substituents is 2. The zero-order valence-electron chi connectivity index (χ0n) is 16.1. The molecule has 12 nitrogen and oxygen atoms in total. The Balaban J connectivity index is 1.65. The maximum absolute atomic E-state index is 11.7. The van der Waals surface area contributed by atoms with Crippen molar-refractivity contribution in [1.29, 1.82) is 0 Å². The number of nitrogens with zero attached hydrogens (tertiary/aromatic N) is 4. The normalized spacial score (nSPS) is 10.8. The van der Waals surface area contributed by atoms with Gasteiger partial charge in [0.2, 0.25) is 11.8 Å². The predicted octanol–water partition coefficient (Wildman–Crippen LogP) is 2.27. The number of hydrogen-bond donors (Lipinski definition) is 2. The van der Waals surface area contributed by atoms with Gasteiger partial charge in [-0.3, -0.25) is 29.8 Å². The average Bonchev–Trinajstić information content (AvgIpc) is 2.74. The van der Waals surface area contributed by atoms with Crippen LogP contribution in [-0.4, -0.2) is 34.1 Å². The number of hydrazone groups is 2. The second-order valence-electron chi connectivity index (χ2n) is 6.14. The summed E-state index contributed by atoms with van der Waals surface area (Å²) in [6.07, 6.45) is 3.11. The third-order valence-electron chi connectivity index (χ3n) is 3.82. The van der Waals surface area contributed by atoms with E-state index in [2.05, 4.69) is 21.1 Å². The van der Waals surface area contributed by atoms with Crippen molar-refractivity contribution in [2.45, 2.75) is 19.3 Å². The van der Waals surface area contributed by atoms with Gasteiger partial charge in [0.15, 0.2) is 0 Å². The van der Waals surface area contributed by atoms with Gasteiger partial charge in [0.1, 0.15) is 0 Å². The third kappa shape index (κ3) is 8.19. The van der Waals surface area contributed by atoms with Crippen LogP contribution >= 0.6 is 0 Å². The lowest BCUT2D eigenvalue weighted by atomic mass is 10.2. The van der Waals surface area contributed by atoms with E-state index in [1.54, 1.807) is 0 Å². The van der Waals surface area contributed by atoms with E-state index in [-0.39, 0.29) is 42.5 Å². The monoisotopic (exact) mass is 426 g/mol. The first-order valence-corrected chi connectivity index (χ1v) is 8.98. The Morgan fingerprint density at radius 1 is 0.742 bits per heavy atom. The van der Waals surface area contributed by atoms with Gasteiger partial charge in [0.05, 0.1) is 22.3 Å². The minimum absolute atomic E-state index is 0.0449. The first-order valence-electron chi connectivity index (χ1n) is 8.98. The lowest BCUT2D eigenvalue weighted by molar-refractivity contribution is -0.385. The van der Waals surface area contributed by atoms with E-state index in [1.165, 1.54) is 61.0 Å². The molecular formula is C19H18N6O6. The molecule has 0 heterocycles. The summed E-state index contributed by atoms with van der Waals surface area (Å²) in [5, 5.41) is 28.7. The average molecular weight is 426 g/mol. The van der Waals surface area contributed by atoms with Crippen LogP contribution in [0.1, 0.15) is 30.4 Å². The van der Waals surface area contributed by atoms with Crippen molar-refractivity contribution in [3.8, 4) is 0 Å². The van der Waals surface area contributed by atoms with E-state index >= 15 is 0 Å². The molecule has 160 valence electrons. The fraction of sp³-hybridized carbons (Fsp3) is 0.158. The zero-order valence-corrected chi connectivity index (χ0v) is 16.1. The second kappa shape index (κ2) is 11.5. The third-order valence-corrected chi connectivity index (χ3v) is 3.82. The molecule has 0 aromatic heterocycles. The zero-order chi connectivity index (χ0) is 22.6. The Kier molecular flexibility index (Phi) is 8.46. The summed E-state index contributed by atoms with van der Waals surface area (Å²) < 4.78 is 0. The van der Waals surface area contributed by atoms with Crippen LogP contribution in [0.2, 0.25) is 0 Å². The molecule has 0 saturated heterocycles. The predicted molar refractivity (Wildman–Crippen MR) is 112 cm³/mol. The molecule has 0 spiro atoms. The fourth-order valence-corrected chi connectivity index (χ4v) is 2.24. The Hall–Kier alpha value is -4.48. The number of carbonyl (C=O) groups is 2. The number of rotatable bonds is 10. The van der Waals surface area contributed by atoms with Crippen molar-refractivity contribution in [2.24, 2.45) is 10.2 Å². The largest absolute Gasteiger partial charge is 0.273 e. The molecule has 12 heteroatoms. The van der Waals surface area contributed by atoms with Crippen molar-refractivity contribution in [3.63, 3.8) is 0 Å². The molecule has 0 aliphatic heterocycles. The van der Waals surface area contributed by atoms with Crippen LogP contribution in [0.5, 0.6) is 0 Å². The number of nitrogens with one attached hydrogen (secondary N) is 2. The molecule has 0 aliphatic carbocycles. The number of hydrogen-bond acceptors (Lipinski definition) is 8. The Bertz CT molecular complexity index is 920. The molecule has 2 N–H and O–H groups in total. The van der Waals surface area contributed by atoms with Gasteiger partial charge in [-0.05, 0) is 41.8 Å². The Morgan fingerprint density at radius 2 is 1.10 bits per heavy atom. The van der Waals surface area contributed by atoms with Gasteiger partial charge in [-0.1, -0.05) is 0 Å². The highest BCUT2D eigenvalue weighted by atomic mass is 16.6. The highest BCUT2D eigenvalue weighted by Gasteiger charge is 2.05. The standard InChI is InChI=1S/C19H18N6O6/c26-18(22-20-12-14-4-8-16(9-5-14)24(28)29)2-1-3-19(27)23-21-13-15-6-10-17(11-7-15)25(30)31/h4-13H,1-3H2,(H,22,26)(H,23,27). The van der Waals surface area contributed by atoms with Crippen LogP contribution < -0.4 is 10.9 Å². The van der Waals surface area contributed by atoms with Crippen molar-refractivity contribution in [1.82, 2.24) is 10.9 Å². The van der Waals surface area contributed by atoms with E-state index in [9.17, 15) is 29.8 Å². The van der Waals surface area contributed by atoms with E-state index in [0.29, 0.717) is 11.1 Å². The summed E-state index contributed by atoms with van der Waals surface area (Å²) >= 11 is 0. The molecule has 0 atom stereocenters. The number of benzene rings is 2. The quantitative estimate of drug-likeness (QED) is 0.335. The van der Waals surface area contributed by atoms with Gasteiger partial charge in [-0.15, -0.1) is 0 Å². The van der Waals surface area contributed by atoms with E-state index in [1.807, 2.05) is 0 Å². The summed E-state index contributed by atoms with van der Waals surface area (Å²) in [7, 11) is 0. The molecule has 2 amide bonds. The second-order valence-corrected chi connectivity index (χ2v) is 6.14. The van der Waals surface area contributed by atoms with Gasteiger partial charge in [0, 0.05) is 37.1 Å². The minimum atomic E-state index is -0.514. The van der Waals surface area contributed by atoms with Crippen LogP contribution in [-0.2, 0) is 9.59 Å². The van der Waals surface area contributed by atoms with Crippen LogP contribution in [0, 0.1) is 20.2 Å². The highest BCUT2D eigenvalue weighted by Crippen LogP contribution is 2.11. The fourth-order valence-electron chi connectivity index (χ4n) is 2.24. The topological polar surface area (TPSA) is 169 Å². The van der Waals surface area contributed by atoms with Crippen LogP contribution in [0.25, 0.3) is 0 Å². The first-order chi connectivity index (χ1) is 14.8. The molecule has 2 aromatic carbocycles. The smallest absolute Gasteiger partial charge is 0.269 e. The summed E-state index contributed by atoms with van der Waals surface area (Å²) in [5.74, 6) is -0.777. The summed E-state index contributed by atoms with van der Waals surface area (Å²) in [5.41, 5.74) is 5.68. The molecule has 0 radical (unpaired) electrons. The number of nitro benzene ring substituents is 2.